The molecule has 2 aromatic carbocycles. The average molecular weight is 254 g/mol. The fourth-order valence-corrected chi connectivity index (χ4v) is 1.62. The van der Waals surface area contributed by atoms with Crippen molar-refractivity contribution in [3.8, 4) is 0 Å². The maximum Gasteiger partial charge on any atom is 0.407 e. The summed E-state index contributed by atoms with van der Waals surface area (Å²) in [6.45, 7) is 0.746. The molecule has 0 aliphatic carbocycles. The van der Waals surface area contributed by atoms with Crippen LogP contribution in [0.25, 0.3) is 0 Å². The van der Waals surface area contributed by atoms with Crippen LogP contribution in [-0.4, -0.2) is 12.6 Å². The Hall–Kier alpha value is -2.29. The minimum atomic E-state index is -0.406. The second-order valence-corrected chi connectivity index (χ2v) is 4.06. The van der Waals surface area contributed by atoms with Crippen molar-refractivity contribution in [2.45, 2.75) is 6.61 Å². The minimum absolute atomic E-state index is 0.290. The van der Waals surface area contributed by atoms with E-state index < -0.39 is 6.09 Å². The number of rotatable bonds is 5. The average Bonchev–Trinajstić information content (AvgIpc) is 2.47. The van der Waals surface area contributed by atoms with Crippen LogP contribution in [0.15, 0.2) is 60.7 Å². The molecule has 0 unspecified atom stereocenters. The Morgan fingerprint density at radius 3 is 2.32 bits per heavy atom. The molecular formula is C16H16NO2. The van der Waals surface area contributed by atoms with Crippen LogP contribution in [0, 0.1) is 6.42 Å². The second-order valence-electron chi connectivity index (χ2n) is 4.06. The predicted octanol–water partition coefficient (Wildman–Crippen LogP) is 3.17. The van der Waals surface area contributed by atoms with E-state index in [0.717, 1.165) is 11.1 Å². The van der Waals surface area contributed by atoms with Crippen molar-refractivity contribution in [3.63, 3.8) is 0 Å². The summed E-state index contributed by atoms with van der Waals surface area (Å²) in [5.74, 6) is 0. The predicted molar refractivity (Wildman–Crippen MR) is 74.5 cm³/mol. The number of benzene rings is 2. The van der Waals surface area contributed by atoms with Gasteiger partial charge in [0.15, 0.2) is 0 Å². The maximum absolute atomic E-state index is 11.5. The molecule has 0 spiro atoms. The molecule has 2 rings (SSSR count). The first kappa shape index (κ1) is 13.1. The molecule has 0 aliphatic heterocycles. The summed E-state index contributed by atoms with van der Waals surface area (Å²) in [7, 11) is 0. The summed E-state index contributed by atoms with van der Waals surface area (Å²) in [5.41, 5.74) is 2.05. The van der Waals surface area contributed by atoms with E-state index in [1.807, 2.05) is 67.1 Å². The van der Waals surface area contributed by atoms with Crippen molar-refractivity contribution in [1.82, 2.24) is 5.32 Å². The van der Waals surface area contributed by atoms with Crippen molar-refractivity contribution in [2.75, 3.05) is 6.54 Å². The number of nitrogens with one attached hydrogen (secondary N) is 1. The fourth-order valence-electron chi connectivity index (χ4n) is 1.62. The lowest BCUT2D eigenvalue weighted by molar-refractivity contribution is 0.140. The van der Waals surface area contributed by atoms with Crippen molar-refractivity contribution >= 4 is 6.09 Å². The Morgan fingerprint density at radius 2 is 1.63 bits per heavy atom. The van der Waals surface area contributed by atoms with E-state index >= 15 is 0 Å². The van der Waals surface area contributed by atoms with Gasteiger partial charge in [-0.3, -0.25) is 0 Å². The summed E-state index contributed by atoms with van der Waals surface area (Å²) >= 11 is 0. The highest BCUT2D eigenvalue weighted by molar-refractivity contribution is 5.67. The molecule has 19 heavy (non-hydrogen) atoms. The molecule has 3 nitrogen and oxygen atoms in total. The second kappa shape index (κ2) is 7.21. The molecule has 0 bridgehead atoms. The SMILES string of the molecule is O=C(NC[CH]c1ccccc1)OCc1ccccc1. The molecule has 0 fully saturated rings. The Balaban J connectivity index is 1.65. The van der Waals surface area contributed by atoms with Crippen LogP contribution in [-0.2, 0) is 11.3 Å². The highest BCUT2D eigenvalue weighted by Crippen LogP contribution is 2.02. The van der Waals surface area contributed by atoms with Crippen molar-refractivity contribution in [1.29, 1.82) is 0 Å². The molecule has 0 saturated heterocycles. The monoisotopic (exact) mass is 254 g/mol. The molecule has 0 heterocycles. The Morgan fingerprint density at radius 1 is 1.00 bits per heavy atom. The molecule has 0 aliphatic rings. The quantitative estimate of drug-likeness (QED) is 0.890. The maximum atomic E-state index is 11.5. The van der Waals surface area contributed by atoms with Crippen LogP contribution in [0.2, 0.25) is 0 Å². The lowest BCUT2D eigenvalue weighted by atomic mass is 10.1. The number of ether oxygens (including phenoxy) is 1. The number of hydrogen-bond acceptors (Lipinski definition) is 2. The highest BCUT2D eigenvalue weighted by Gasteiger charge is 2.01. The summed E-state index contributed by atoms with van der Waals surface area (Å²) in [5, 5.41) is 2.68. The lowest BCUT2D eigenvalue weighted by Crippen LogP contribution is -2.25. The minimum Gasteiger partial charge on any atom is -0.445 e. The van der Waals surface area contributed by atoms with Crippen LogP contribution < -0.4 is 5.32 Å². The standard InChI is InChI=1S/C16H16NO2/c18-16(19-13-15-9-5-2-6-10-15)17-12-11-14-7-3-1-4-8-14/h1-11H,12-13H2,(H,17,18). The van der Waals surface area contributed by atoms with E-state index in [-0.39, 0.29) is 6.61 Å². The molecule has 1 radical (unpaired) electrons. The Bertz CT molecular complexity index is 497. The molecule has 1 amide bonds. The van der Waals surface area contributed by atoms with Crippen LogP contribution in [0.3, 0.4) is 0 Å². The Labute approximate surface area is 113 Å². The van der Waals surface area contributed by atoms with Crippen LogP contribution >= 0.6 is 0 Å². The molecule has 0 aromatic heterocycles. The van der Waals surface area contributed by atoms with Crippen molar-refractivity contribution in [2.24, 2.45) is 0 Å². The number of carbonyl (C=O) groups is 1. The van der Waals surface area contributed by atoms with Crippen LogP contribution in [0.1, 0.15) is 11.1 Å². The molecule has 97 valence electrons. The van der Waals surface area contributed by atoms with Gasteiger partial charge in [0, 0.05) is 13.0 Å². The zero-order valence-corrected chi connectivity index (χ0v) is 10.6. The summed E-state index contributed by atoms with van der Waals surface area (Å²) in [6, 6.07) is 19.4. The lowest BCUT2D eigenvalue weighted by Gasteiger charge is -2.06. The van der Waals surface area contributed by atoms with Crippen molar-refractivity contribution < 1.29 is 9.53 Å². The van der Waals surface area contributed by atoms with Crippen LogP contribution in [0.5, 0.6) is 0 Å². The van der Waals surface area contributed by atoms with Gasteiger partial charge < -0.3 is 10.1 Å². The van der Waals surface area contributed by atoms with Crippen molar-refractivity contribution in [3.05, 3.63) is 78.2 Å². The molecule has 3 heteroatoms. The Kier molecular flexibility index (Phi) is 4.99. The third-order valence-corrected chi connectivity index (χ3v) is 2.60. The number of alkyl carbamates (subject to hydrolysis) is 1. The molecule has 0 saturated carbocycles. The molecular weight excluding hydrogens is 238 g/mol. The first-order chi connectivity index (χ1) is 9.34. The van der Waals surface area contributed by atoms with E-state index in [4.69, 9.17) is 4.74 Å². The third-order valence-electron chi connectivity index (χ3n) is 2.60. The summed E-state index contributed by atoms with van der Waals surface area (Å²) in [6.07, 6.45) is 1.53. The van der Waals surface area contributed by atoms with Crippen LogP contribution in [0.4, 0.5) is 4.79 Å². The number of carbonyl (C=O) groups excluding carboxylic acids is 1. The van der Waals surface area contributed by atoms with Gasteiger partial charge in [-0.25, -0.2) is 4.79 Å². The largest absolute Gasteiger partial charge is 0.445 e. The van der Waals surface area contributed by atoms with E-state index in [9.17, 15) is 4.79 Å². The van der Waals surface area contributed by atoms with Gasteiger partial charge in [0.1, 0.15) is 6.61 Å². The van der Waals surface area contributed by atoms with Gasteiger partial charge in [-0.2, -0.15) is 0 Å². The van der Waals surface area contributed by atoms with Gasteiger partial charge >= 0.3 is 6.09 Å². The van der Waals surface area contributed by atoms with Gasteiger partial charge in [-0.1, -0.05) is 60.7 Å². The fraction of sp³-hybridized carbons (Fsp3) is 0.125. The van der Waals surface area contributed by atoms with Gasteiger partial charge in [-0.15, -0.1) is 0 Å². The molecule has 2 aromatic rings. The molecule has 0 atom stereocenters. The molecule has 1 N–H and O–H groups in total. The van der Waals surface area contributed by atoms with Gasteiger partial charge in [0.25, 0.3) is 0 Å². The summed E-state index contributed by atoms with van der Waals surface area (Å²) < 4.78 is 5.10. The zero-order valence-electron chi connectivity index (χ0n) is 10.6. The third kappa shape index (κ3) is 4.84. The van der Waals surface area contributed by atoms with E-state index in [1.54, 1.807) is 0 Å². The van der Waals surface area contributed by atoms with E-state index in [2.05, 4.69) is 5.32 Å². The van der Waals surface area contributed by atoms with Gasteiger partial charge in [-0.05, 0) is 11.1 Å². The number of amides is 1. The first-order valence-electron chi connectivity index (χ1n) is 6.17. The van der Waals surface area contributed by atoms with Gasteiger partial charge in [0.05, 0.1) is 0 Å². The topological polar surface area (TPSA) is 38.3 Å². The van der Waals surface area contributed by atoms with E-state index in [0.29, 0.717) is 6.54 Å². The summed E-state index contributed by atoms with van der Waals surface area (Å²) in [4.78, 5) is 11.5. The van der Waals surface area contributed by atoms with Gasteiger partial charge in [0.2, 0.25) is 0 Å². The number of hydrogen-bond donors (Lipinski definition) is 1. The normalized spacial score (nSPS) is 9.89. The smallest absolute Gasteiger partial charge is 0.407 e. The first-order valence-corrected chi connectivity index (χ1v) is 6.17. The van der Waals surface area contributed by atoms with E-state index in [1.165, 1.54) is 0 Å². The highest BCUT2D eigenvalue weighted by atomic mass is 16.5. The zero-order chi connectivity index (χ0) is 13.3.